The minimum Gasteiger partial charge on any atom is -0.391 e. The van der Waals surface area contributed by atoms with E-state index in [1.54, 1.807) is 0 Å². The maximum atomic E-state index is 11.3. The number of rotatable bonds is 2. The smallest absolute Gasteiger partial charge is 0.221 e. The van der Waals surface area contributed by atoms with Gasteiger partial charge in [0.2, 0.25) is 13.9 Å². The number of hydrogen-bond donors (Lipinski definition) is 1. The molecule has 1 aliphatic heterocycles. The van der Waals surface area contributed by atoms with Crippen LogP contribution >= 0.6 is 0 Å². The summed E-state index contributed by atoms with van der Waals surface area (Å²) in [7, 11) is 1.92. The van der Waals surface area contributed by atoms with E-state index in [1.165, 1.54) is 0 Å². The van der Waals surface area contributed by atoms with Gasteiger partial charge >= 0.3 is 0 Å². The van der Waals surface area contributed by atoms with Crippen LogP contribution in [0.25, 0.3) is 0 Å². The number of hydrogen-bond acceptors (Lipinski definition) is 2. The molecule has 3 nitrogen and oxygen atoms in total. The number of nitrogens with one attached hydrogen (secondary N) is 1. The Balaban J connectivity index is 2.39. The minimum atomic E-state index is 0.266. The number of carbonyl (C=O) groups is 1. The highest BCUT2D eigenvalue weighted by atomic mass is 16.2. The summed E-state index contributed by atoms with van der Waals surface area (Å²) < 4.78 is 0. The van der Waals surface area contributed by atoms with Crippen LogP contribution < -0.4 is 5.32 Å². The van der Waals surface area contributed by atoms with E-state index in [0.717, 1.165) is 25.9 Å². The molecule has 0 bridgehead atoms. The Morgan fingerprint density at radius 2 is 2.17 bits per heavy atom. The molecule has 1 rings (SSSR count). The Morgan fingerprint density at radius 1 is 1.58 bits per heavy atom. The molecule has 0 aromatic carbocycles. The molecule has 0 aliphatic carbocycles. The maximum absolute atomic E-state index is 11.3. The van der Waals surface area contributed by atoms with E-state index in [1.807, 2.05) is 19.7 Å². The van der Waals surface area contributed by atoms with Crippen LogP contribution in [0.4, 0.5) is 0 Å². The first-order valence-corrected chi connectivity index (χ1v) is 4.72. The van der Waals surface area contributed by atoms with Crippen LogP contribution in [0.15, 0.2) is 0 Å². The van der Waals surface area contributed by atoms with Crippen molar-refractivity contribution in [2.75, 3.05) is 13.1 Å². The summed E-state index contributed by atoms with van der Waals surface area (Å²) in [5, 5.41) is 3.29. The first kappa shape index (κ1) is 9.58. The van der Waals surface area contributed by atoms with Crippen molar-refractivity contribution in [3.8, 4) is 0 Å². The van der Waals surface area contributed by atoms with E-state index in [4.69, 9.17) is 0 Å². The molecule has 0 saturated carbocycles. The van der Waals surface area contributed by atoms with Gasteiger partial charge in [0, 0.05) is 12.5 Å². The molecule has 12 heavy (non-hydrogen) atoms. The van der Waals surface area contributed by atoms with Gasteiger partial charge in [-0.25, -0.2) is 0 Å². The van der Waals surface area contributed by atoms with Gasteiger partial charge in [-0.2, -0.15) is 0 Å². The van der Waals surface area contributed by atoms with Crippen LogP contribution in [0.5, 0.6) is 0 Å². The van der Waals surface area contributed by atoms with Gasteiger partial charge in [0.05, 0.1) is 0 Å². The molecular formula is C8H17BN2O. The van der Waals surface area contributed by atoms with E-state index in [-0.39, 0.29) is 5.91 Å². The maximum Gasteiger partial charge on any atom is 0.221 e. The van der Waals surface area contributed by atoms with E-state index in [0.29, 0.717) is 12.5 Å². The van der Waals surface area contributed by atoms with Crippen molar-refractivity contribution in [3.63, 3.8) is 0 Å². The molecule has 1 N–H and O–H groups in total. The van der Waals surface area contributed by atoms with Crippen molar-refractivity contribution >= 4 is 13.9 Å². The minimum absolute atomic E-state index is 0.266. The molecule has 0 unspecified atom stereocenters. The fourth-order valence-electron chi connectivity index (χ4n) is 1.65. The van der Waals surface area contributed by atoms with Crippen molar-refractivity contribution in [3.05, 3.63) is 0 Å². The van der Waals surface area contributed by atoms with Crippen LogP contribution in [-0.2, 0) is 4.79 Å². The molecule has 0 spiro atoms. The number of nitrogens with zero attached hydrogens (tertiary/aromatic N) is 1. The van der Waals surface area contributed by atoms with Gasteiger partial charge in [0.15, 0.2) is 0 Å². The largest absolute Gasteiger partial charge is 0.391 e. The summed E-state index contributed by atoms with van der Waals surface area (Å²) in [6.07, 6.45) is 2.82. The third-order valence-electron chi connectivity index (χ3n) is 2.55. The first-order valence-electron chi connectivity index (χ1n) is 4.72. The molecule has 1 amide bonds. The normalized spacial score (nSPS) is 19.1. The van der Waals surface area contributed by atoms with Gasteiger partial charge in [0.1, 0.15) is 0 Å². The zero-order chi connectivity index (χ0) is 8.97. The van der Waals surface area contributed by atoms with E-state index in [9.17, 15) is 4.79 Å². The van der Waals surface area contributed by atoms with Gasteiger partial charge in [-0.15, -0.1) is 0 Å². The average molecular weight is 168 g/mol. The number of carbonyl (C=O) groups excluding carboxylic acids is 1. The lowest BCUT2D eigenvalue weighted by molar-refractivity contribution is -0.128. The van der Waals surface area contributed by atoms with Gasteiger partial charge in [0.25, 0.3) is 0 Å². The van der Waals surface area contributed by atoms with E-state index < -0.39 is 0 Å². The number of piperidine rings is 1. The molecule has 0 aromatic rings. The highest BCUT2D eigenvalue weighted by molar-refractivity contribution is 6.14. The van der Waals surface area contributed by atoms with Crippen molar-refractivity contribution < 1.29 is 4.79 Å². The van der Waals surface area contributed by atoms with Crippen molar-refractivity contribution in [1.29, 1.82) is 0 Å². The highest BCUT2D eigenvalue weighted by Gasteiger charge is 2.19. The van der Waals surface area contributed by atoms with Crippen molar-refractivity contribution in [2.45, 2.75) is 32.2 Å². The zero-order valence-corrected chi connectivity index (χ0v) is 7.97. The van der Waals surface area contributed by atoms with E-state index in [2.05, 4.69) is 5.32 Å². The van der Waals surface area contributed by atoms with Gasteiger partial charge in [-0.1, -0.05) is 6.92 Å². The molecule has 68 valence electrons. The fraction of sp³-hybridized carbons (Fsp3) is 0.875. The SMILES string of the molecule is BN(C(=O)CC)C1CCNCC1. The summed E-state index contributed by atoms with van der Waals surface area (Å²) in [5.41, 5.74) is 0. The summed E-state index contributed by atoms with van der Waals surface area (Å²) in [6, 6.07) is 0.471. The quantitative estimate of drug-likeness (QED) is 0.565. The lowest BCUT2D eigenvalue weighted by Gasteiger charge is -2.32. The summed E-state index contributed by atoms with van der Waals surface area (Å²) in [4.78, 5) is 13.2. The molecule has 4 heteroatoms. The molecule has 0 aromatic heterocycles. The Labute approximate surface area is 74.9 Å². The van der Waals surface area contributed by atoms with Crippen LogP contribution in [0.2, 0.25) is 0 Å². The third-order valence-corrected chi connectivity index (χ3v) is 2.55. The third kappa shape index (κ3) is 2.24. The number of amides is 1. The standard InChI is InChI=1S/C8H17BN2O/c1-2-8(12)11(9)7-3-5-10-6-4-7/h7,10H,2-6,9H2,1H3. The molecule has 1 heterocycles. The predicted molar refractivity (Wildman–Crippen MR) is 51.6 cm³/mol. The lowest BCUT2D eigenvalue weighted by Crippen LogP contribution is -2.44. The molecular weight excluding hydrogens is 151 g/mol. The van der Waals surface area contributed by atoms with Gasteiger partial charge in [-0.05, 0) is 25.9 Å². The highest BCUT2D eigenvalue weighted by Crippen LogP contribution is 2.09. The Kier molecular flexibility index (Phi) is 3.60. The van der Waals surface area contributed by atoms with Crippen LogP contribution in [0.3, 0.4) is 0 Å². The van der Waals surface area contributed by atoms with E-state index >= 15 is 0 Å². The zero-order valence-electron chi connectivity index (χ0n) is 7.97. The van der Waals surface area contributed by atoms with Crippen LogP contribution in [-0.4, -0.2) is 37.8 Å². The van der Waals surface area contributed by atoms with Crippen molar-refractivity contribution in [2.24, 2.45) is 0 Å². The van der Waals surface area contributed by atoms with Crippen LogP contribution in [0, 0.1) is 0 Å². The molecule has 0 radical (unpaired) electrons. The first-order chi connectivity index (χ1) is 5.75. The molecule has 1 aliphatic rings. The Morgan fingerprint density at radius 3 is 2.67 bits per heavy atom. The molecule has 0 atom stereocenters. The fourth-order valence-corrected chi connectivity index (χ4v) is 1.65. The second-order valence-corrected chi connectivity index (χ2v) is 3.34. The lowest BCUT2D eigenvalue weighted by atomic mass is 10.0. The summed E-state index contributed by atoms with van der Waals surface area (Å²) in [5.74, 6) is 0.266. The molecule has 1 saturated heterocycles. The second kappa shape index (κ2) is 4.50. The summed E-state index contributed by atoms with van der Waals surface area (Å²) in [6.45, 7) is 4.01. The summed E-state index contributed by atoms with van der Waals surface area (Å²) >= 11 is 0. The second-order valence-electron chi connectivity index (χ2n) is 3.34. The predicted octanol–water partition coefficient (Wildman–Crippen LogP) is -0.475. The monoisotopic (exact) mass is 168 g/mol. The molecule has 1 fully saturated rings. The van der Waals surface area contributed by atoms with Gasteiger partial charge in [-0.3, -0.25) is 4.79 Å². The Hall–Kier alpha value is -0.505. The topological polar surface area (TPSA) is 32.3 Å². The average Bonchev–Trinajstić information content (AvgIpc) is 2.17. The van der Waals surface area contributed by atoms with Crippen LogP contribution in [0.1, 0.15) is 26.2 Å². The Bertz CT molecular complexity index is 157. The van der Waals surface area contributed by atoms with Crippen molar-refractivity contribution in [1.82, 2.24) is 10.1 Å². The van der Waals surface area contributed by atoms with Gasteiger partial charge < -0.3 is 10.1 Å².